The SMILES string of the molecule is c1ccc(-c2cccc(N(c3ccccc3)c3ccc4c(-c5ccccc5)cc5oc6ccccc6c5c4c3)c2)cc1. The van der Waals surface area contributed by atoms with E-state index in [4.69, 9.17) is 4.42 Å². The second-order valence-electron chi connectivity index (χ2n) is 10.6. The van der Waals surface area contributed by atoms with Crippen LogP contribution in [0.5, 0.6) is 0 Å². The zero-order chi connectivity index (χ0) is 27.9. The Morgan fingerprint density at radius 1 is 0.357 bits per heavy atom. The summed E-state index contributed by atoms with van der Waals surface area (Å²) in [6.45, 7) is 0. The molecule has 8 aromatic rings. The van der Waals surface area contributed by atoms with Crippen molar-refractivity contribution in [2.24, 2.45) is 0 Å². The van der Waals surface area contributed by atoms with Crippen molar-refractivity contribution in [3.05, 3.63) is 164 Å². The highest BCUT2D eigenvalue weighted by Crippen LogP contribution is 2.43. The fraction of sp³-hybridized carbons (Fsp3) is 0. The van der Waals surface area contributed by atoms with Crippen LogP contribution in [0.3, 0.4) is 0 Å². The van der Waals surface area contributed by atoms with Gasteiger partial charge in [0.1, 0.15) is 11.2 Å². The van der Waals surface area contributed by atoms with E-state index in [1.807, 2.05) is 6.07 Å². The maximum Gasteiger partial charge on any atom is 0.136 e. The fourth-order valence-corrected chi connectivity index (χ4v) is 6.10. The van der Waals surface area contributed by atoms with E-state index in [1.165, 1.54) is 33.0 Å². The molecule has 0 fully saturated rings. The van der Waals surface area contributed by atoms with Crippen LogP contribution in [0, 0.1) is 0 Å². The normalized spacial score (nSPS) is 11.3. The number of anilines is 3. The summed E-state index contributed by atoms with van der Waals surface area (Å²) in [6.07, 6.45) is 0. The third-order valence-electron chi connectivity index (χ3n) is 8.03. The molecule has 0 amide bonds. The lowest BCUT2D eigenvalue weighted by Crippen LogP contribution is -2.10. The highest BCUT2D eigenvalue weighted by molar-refractivity contribution is 6.22. The molecule has 7 aromatic carbocycles. The Bertz CT molecular complexity index is 2180. The lowest BCUT2D eigenvalue weighted by Gasteiger charge is -2.26. The van der Waals surface area contributed by atoms with Gasteiger partial charge in [-0.25, -0.2) is 0 Å². The quantitative estimate of drug-likeness (QED) is 0.217. The maximum absolute atomic E-state index is 6.44. The number of nitrogens with zero attached hydrogens (tertiary/aromatic N) is 1. The van der Waals surface area contributed by atoms with Gasteiger partial charge < -0.3 is 9.32 Å². The third-order valence-corrected chi connectivity index (χ3v) is 8.03. The van der Waals surface area contributed by atoms with Crippen LogP contribution in [0.25, 0.3) is 55.0 Å². The van der Waals surface area contributed by atoms with E-state index >= 15 is 0 Å². The van der Waals surface area contributed by atoms with Gasteiger partial charge in [-0.1, -0.05) is 115 Å². The van der Waals surface area contributed by atoms with Crippen LogP contribution < -0.4 is 4.90 Å². The van der Waals surface area contributed by atoms with Gasteiger partial charge in [-0.2, -0.15) is 0 Å². The summed E-state index contributed by atoms with van der Waals surface area (Å²) in [6, 6.07) is 57.9. The Hall–Kier alpha value is -5.60. The van der Waals surface area contributed by atoms with E-state index in [0.717, 1.165) is 39.0 Å². The summed E-state index contributed by atoms with van der Waals surface area (Å²) in [7, 11) is 0. The molecular weight excluding hydrogens is 510 g/mol. The van der Waals surface area contributed by atoms with Gasteiger partial charge in [0.05, 0.1) is 0 Å². The first-order valence-electron chi connectivity index (χ1n) is 14.3. The van der Waals surface area contributed by atoms with Gasteiger partial charge in [0.2, 0.25) is 0 Å². The first-order chi connectivity index (χ1) is 20.8. The minimum atomic E-state index is 0.900. The van der Waals surface area contributed by atoms with Crippen LogP contribution in [0.1, 0.15) is 0 Å². The molecule has 8 rings (SSSR count). The molecule has 0 saturated carbocycles. The molecule has 0 unspecified atom stereocenters. The molecule has 1 aromatic heterocycles. The highest BCUT2D eigenvalue weighted by atomic mass is 16.3. The van der Waals surface area contributed by atoms with Gasteiger partial charge in [0.25, 0.3) is 0 Å². The van der Waals surface area contributed by atoms with Crippen molar-refractivity contribution in [1.82, 2.24) is 0 Å². The van der Waals surface area contributed by atoms with Gasteiger partial charge >= 0.3 is 0 Å². The largest absolute Gasteiger partial charge is 0.456 e. The summed E-state index contributed by atoms with van der Waals surface area (Å²) >= 11 is 0. The molecule has 0 spiro atoms. The van der Waals surface area contributed by atoms with Gasteiger partial charge in [-0.15, -0.1) is 0 Å². The van der Waals surface area contributed by atoms with Crippen molar-refractivity contribution in [3.63, 3.8) is 0 Å². The van der Waals surface area contributed by atoms with Crippen LogP contribution in [0.4, 0.5) is 17.1 Å². The molecule has 0 aliphatic heterocycles. The minimum Gasteiger partial charge on any atom is -0.456 e. The van der Waals surface area contributed by atoms with Crippen LogP contribution in [-0.4, -0.2) is 0 Å². The molecular formula is C40H27NO. The Balaban J connectivity index is 1.40. The predicted octanol–water partition coefficient (Wildman–Crippen LogP) is 11.5. The molecule has 198 valence electrons. The molecule has 0 saturated heterocycles. The van der Waals surface area contributed by atoms with E-state index in [1.54, 1.807) is 0 Å². The van der Waals surface area contributed by atoms with Crippen molar-refractivity contribution in [1.29, 1.82) is 0 Å². The first kappa shape index (κ1) is 24.2. The maximum atomic E-state index is 6.44. The fourth-order valence-electron chi connectivity index (χ4n) is 6.10. The first-order valence-corrected chi connectivity index (χ1v) is 14.3. The van der Waals surface area contributed by atoms with E-state index in [0.29, 0.717) is 0 Å². The third kappa shape index (κ3) is 4.13. The Morgan fingerprint density at radius 2 is 0.976 bits per heavy atom. The summed E-state index contributed by atoms with van der Waals surface area (Å²) in [4.78, 5) is 2.34. The Morgan fingerprint density at radius 3 is 1.76 bits per heavy atom. The van der Waals surface area contributed by atoms with Gasteiger partial charge in [0, 0.05) is 27.8 Å². The topological polar surface area (TPSA) is 16.4 Å². The average Bonchev–Trinajstić information content (AvgIpc) is 3.45. The zero-order valence-electron chi connectivity index (χ0n) is 22.9. The number of benzene rings is 7. The van der Waals surface area contributed by atoms with Crippen molar-refractivity contribution in [3.8, 4) is 22.3 Å². The van der Waals surface area contributed by atoms with E-state index in [2.05, 4.69) is 163 Å². The van der Waals surface area contributed by atoms with E-state index in [9.17, 15) is 0 Å². The molecule has 42 heavy (non-hydrogen) atoms. The molecule has 0 N–H and O–H groups in total. The van der Waals surface area contributed by atoms with Crippen molar-refractivity contribution in [2.45, 2.75) is 0 Å². The summed E-state index contributed by atoms with van der Waals surface area (Å²) < 4.78 is 6.44. The summed E-state index contributed by atoms with van der Waals surface area (Å²) in [5.74, 6) is 0. The predicted molar refractivity (Wildman–Crippen MR) is 177 cm³/mol. The molecule has 2 heteroatoms. The smallest absolute Gasteiger partial charge is 0.136 e. The summed E-state index contributed by atoms with van der Waals surface area (Å²) in [5, 5.41) is 4.66. The molecule has 0 aliphatic carbocycles. The Labute approximate surface area is 244 Å². The van der Waals surface area contributed by atoms with E-state index in [-0.39, 0.29) is 0 Å². The van der Waals surface area contributed by atoms with E-state index < -0.39 is 0 Å². The van der Waals surface area contributed by atoms with Crippen LogP contribution >= 0.6 is 0 Å². The van der Waals surface area contributed by atoms with Crippen molar-refractivity contribution in [2.75, 3.05) is 4.90 Å². The molecule has 2 nitrogen and oxygen atoms in total. The molecule has 1 heterocycles. The van der Waals surface area contributed by atoms with Crippen LogP contribution in [0.2, 0.25) is 0 Å². The summed E-state index contributed by atoms with van der Waals surface area (Å²) in [5.41, 5.74) is 9.83. The lowest BCUT2D eigenvalue weighted by molar-refractivity contribution is 0.669. The van der Waals surface area contributed by atoms with Crippen molar-refractivity contribution < 1.29 is 4.42 Å². The Kier molecular flexibility index (Phi) is 5.82. The standard InChI is InChI=1S/C40H27NO/c1-4-13-28(14-5-1)30-17-12-20-32(25-30)41(31-18-8-3-9-19-31)33-23-24-34-36(29-15-6-2-7-16-29)27-39-40(37(34)26-33)35-21-10-11-22-38(35)42-39/h1-27H. The second kappa shape index (κ2) is 10.1. The number of hydrogen-bond donors (Lipinski definition) is 0. The minimum absolute atomic E-state index is 0.900. The molecule has 0 atom stereocenters. The molecule has 0 bridgehead atoms. The number of hydrogen-bond acceptors (Lipinski definition) is 2. The number of rotatable bonds is 5. The highest BCUT2D eigenvalue weighted by Gasteiger charge is 2.18. The molecule has 0 aliphatic rings. The number of para-hydroxylation sites is 2. The van der Waals surface area contributed by atoms with Gasteiger partial charge in [-0.3, -0.25) is 0 Å². The monoisotopic (exact) mass is 537 g/mol. The van der Waals surface area contributed by atoms with Crippen LogP contribution in [0.15, 0.2) is 168 Å². The zero-order valence-corrected chi connectivity index (χ0v) is 22.9. The number of furan rings is 1. The van der Waals surface area contributed by atoms with Crippen molar-refractivity contribution >= 4 is 49.8 Å². The van der Waals surface area contributed by atoms with Gasteiger partial charge in [-0.05, 0) is 81.6 Å². The second-order valence-corrected chi connectivity index (χ2v) is 10.6. The average molecular weight is 538 g/mol. The molecule has 0 radical (unpaired) electrons. The number of fused-ring (bicyclic) bond motifs is 5. The van der Waals surface area contributed by atoms with Gasteiger partial charge in [0.15, 0.2) is 0 Å². The van der Waals surface area contributed by atoms with Crippen LogP contribution in [-0.2, 0) is 0 Å². The lowest BCUT2D eigenvalue weighted by atomic mass is 9.94.